The van der Waals surface area contributed by atoms with Crippen LogP contribution in [0.15, 0.2) is 18.2 Å². The maximum atomic E-state index is 8.68. The fourth-order valence-electron chi connectivity index (χ4n) is 2.42. The Morgan fingerprint density at radius 1 is 1.29 bits per heavy atom. The molecule has 1 aromatic rings. The van der Waals surface area contributed by atoms with Crippen molar-refractivity contribution in [2.75, 3.05) is 6.54 Å². The highest BCUT2D eigenvalue weighted by Gasteiger charge is 2.09. The Morgan fingerprint density at radius 2 is 2.06 bits per heavy atom. The van der Waals surface area contributed by atoms with Gasteiger partial charge in [-0.05, 0) is 55.7 Å². The summed E-state index contributed by atoms with van der Waals surface area (Å²) >= 11 is 0. The topological polar surface area (TPSA) is 35.8 Å². The highest BCUT2D eigenvalue weighted by Crippen LogP contribution is 2.22. The minimum Gasteiger partial charge on any atom is -0.302 e. The summed E-state index contributed by atoms with van der Waals surface area (Å²) in [5, 5.41) is 11.9. The van der Waals surface area contributed by atoms with Crippen LogP contribution in [0.5, 0.6) is 0 Å². The zero-order valence-corrected chi connectivity index (χ0v) is 10.5. The Morgan fingerprint density at radius 3 is 2.82 bits per heavy atom. The first-order valence-electron chi connectivity index (χ1n) is 6.53. The van der Waals surface area contributed by atoms with E-state index in [1.807, 2.05) is 6.92 Å². The summed E-state index contributed by atoms with van der Waals surface area (Å²) in [5.74, 6) is 0. The van der Waals surface area contributed by atoms with Crippen molar-refractivity contribution in [2.45, 2.75) is 45.1 Å². The lowest BCUT2D eigenvalue weighted by Crippen LogP contribution is -2.26. The molecule has 1 N–H and O–H groups in total. The van der Waals surface area contributed by atoms with E-state index in [2.05, 4.69) is 29.6 Å². The first kappa shape index (κ1) is 12.1. The Hall–Kier alpha value is -1.33. The number of fused-ring (bicyclic) bond motifs is 1. The fraction of sp³-hybridized carbons (Fsp3) is 0.533. The van der Waals surface area contributed by atoms with Gasteiger partial charge in [0.1, 0.15) is 0 Å². The Balaban J connectivity index is 1.91. The van der Waals surface area contributed by atoms with Crippen LogP contribution in [0.25, 0.3) is 0 Å². The summed E-state index contributed by atoms with van der Waals surface area (Å²) in [7, 11) is 0. The number of nitriles is 1. The first-order chi connectivity index (χ1) is 8.29. The molecule has 0 spiro atoms. The molecule has 0 aromatic heterocycles. The lowest BCUT2D eigenvalue weighted by molar-refractivity contribution is 0.638. The van der Waals surface area contributed by atoms with Gasteiger partial charge in [0.25, 0.3) is 0 Å². The molecular weight excluding hydrogens is 208 g/mol. The third-order valence-corrected chi connectivity index (χ3v) is 3.47. The van der Waals surface area contributed by atoms with Crippen LogP contribution >= 0.6 is 0 Å². The summed E-state index contributed by atoms with van der Waals surface area (Å²) in [6.07, 6.45) is 6.18. The van der Waals surface area contributed by atoms with E-state index in [0.717, 1.165) is 13.0 Å². The predicted molar refractivity (Wildman–Crippen MR) is 69.9 cm³/mol. The molecule has 1 aromatic carbocycles. The van der Waals surface area contributed by atoms with Crippen molar-refractivity contribution >= 4 is 0 Å². The van der Waals surface area contributed by atoms with Gasteiger partial charge >= 0.3 is 0 Å². The molecule has 0 aliphatic heterocycles. The van der Waals surface area contributed by atoms with Crippen LogP contribution in [-0.4, -0.2) is 12.6 Å². The summed E-state index contributed by atoms with van der Waals surface area (Å²) in [4.78, 5) is 0. The molecule has 1 atom stereocenters. The number of hydrogen-bond acceptors (Lipinski definition) is 2. The van der Waals surface area contributed by atoms with E-state index in [-0.39, 0.29) is 6.04 Å². The van der Waals surface area contributed by atoms with Gasteiger partial charge in [0.15, 0.2) is 0 Å². The van der Waals surface area contributed by atoms with E-state index in [9.17, 15) is 0 Å². The average molecular weight is 228 g/mol. The standard InChI is InChI=1S/C15H20N2/c1-12(11-16)17-9-8-13-6-7-14-4-2-3-5-15(14)10-13/h6-7,10,12,17H,2-5,8-9H2,1H3. The van der Waals surface area contributed by atoms with Gasteiger partial charge in [-0.15, -0.1) is 0 Å². The van der Waals surface area contributed by atoms with Crippen LogP contribution in [0.3, 0.4) is 0 Å². The van der Waals surface area contributed by atoms with Gasteiger partial charge in [-0.1, -0.05) is 18.2 Å². The monoisotopic (exact) mass is 228 g/mol. The maximum Gasteiger partial charge on any atom is 0.0924 e. The number of benzene rings is 1. The molecule has 0 saturated heterocycles. The van der Waals surface area contributed by atoms with Crippen molar-refractivity contribution < 1.29 is 0 Å². The summed E-state index contributed by atoms with van der Waals surface area (Å²) in [6, 6.07) is 9.02. The second-order valence-electron chi connectivity index (χ2n) is 4.87. The van der Waals surface area contributed by atoms with Crippen molar-refractivity contribution in [2.24, 2.45) is 0 Å². The zero-order valence-electron chi connectivity index (χ0n) is 10.5. The Kier molecular flexibility index (Phi) is 4.17. The molecule has 2 rings (SSSR count). The quantitative estimate of drug-likeness (QED) is 0.860. The second-order valence-corrected chi connectivity index (χ2v) is 4.87. The van der Waals surface area contributed by atoms with E-state index in [4.69, 9.17) is 5.26 Å². The molecule has 1 aliphatic carbocycles. The first-order valence-corrected chi connectivity index (χ1v) is 6.53. The third kappa shape index (κ3) is 3.31. The number of rotatable bonds is 4. The van der Waals surface area contributed by atoms with Gasteiger partial charge < -0.3 is 5.32 Å². The minimum atomic E-state index is -0.0485. The molecule has 0 radical (unpaired) electrons. The minimum absolute atomic E-state index is 0.0485. The van der Waals surface area contributed by atoms with Gasteiger partial charge in [-0.3, -0.25) is 0 Å². The van der Waals surface area contributed by atoms with Crippen LogP contribution in [0.4, 0.5) is 0 Å². The smallest absolute Gasteiger partial charge is 0.0924 e. The van der Waals surface area contributed by atoms with Gasteiger partial charge in [0.2, 0.25) is 0 Å². The van der Waals surface area contributed by atoms with Gasteiger partial charge in [-0.25, -0.2) is 0 Å². The van der Waals surface area contributed by atoms with Crippen LogP contribution < -0.4 is 5.32 Å². The molecule has 2 nitrogen and oxygen atoms in total. The van der Waals surface area contributed by atoms with Crippen molar-refractivity contribution in [1.82, 2.24) is 5.32 Å². The Bertz CT molecular complexity index is 417. The molecule has 1 unspecified atom stereocenters. The van der Waals surface area contributed by atoms with Crippen LogP contribution in [0, 0.1) is 11.3 Å². The van der Waals surface area contributed by atoms with Crippen molar-refractivity contribution in [3.63, 3.8) is 0 Å². The summed E-state index contributed by atoms with van der Waals surface area (Å²) in [5.41, 5.74) is 4.48. The SMILES string of the molecule is CC(C#N)NCCc1ccc2c(c1)CCCC2. The Labute approximate surface area is 104 Å². The highest BCUT2D eigenvalue weighted by atomic mass is 14.9. The third-order valence-electron chi connectivity index (χ3n) is 3.47. The van der Waals surface area contributed by atoms with Crippen LogP contribution in [-0.2, 0) is 19.3 Å². The van der Waals surface area contributed by atoms with E-state index in [0.29, 0.717) is 0 Å². The predicted octanol–water partition coefficient (Wildman–Crippen LogP) is 2.61. The van der Waals surface area contributed by atoms with Crippen LogP contribution in [0.2, 0.25) is 0 Å². The molecule has 90 valence electrons. The van der Waals surface area contributed by atoms with Gasteiger partial charge in [0, 0.05) is 6.54 Å². The molecule has 0 heterocycles. The fourth-order valence-corrected chi connectivity index (χ4v) is 2.42. The molecule has 17 heavy (non-hydrogen) atoms. The zero-order chi connectivity index (χ0) is 12.1. The van der Waals surface area contributed by atoms with Gasteiger partial charge in [0.05, 0.1) is 12.1 Å². The number of nitrogens with one attached hydrogen (secondary N) is 1. The van der Waals surface area contributed by atoms with E-state index in [1.165, 1.54) is 31.2 Å². The lowest BCUT2D eigenvalue weighted by Gasteiger charge is -2.16. The highest BCUT2D eigenvalue weighted by molar-refractivity contribution is 5.33. The molecule has 0 bridgehead atoms. The normalized spacial score (nSPS) is 16.0. The van der Waals surface area contributed by atoms with E-state index < -0.39 is 0 Å². The summed E-state index contributed by atoms with van der Waals surface area (Å²) in [6.45, 7) is 2.78. The molecule has 0 saturated carbocycles. The summed E-state index contributed by atoms with van der Waals surface area (Å²) < 4.78 is 0. The largest absolute Gasteiger partial charge is 0.302 e. The number of hydrogen-bond donors (Lipinski definition) is 1. The number of nitrogens with zero attached hydrogens (tertiary/aromatic N) is 1. The van der Waals surface area contributed by atoms with E-state index >= 15 is 0 Å². The molecule has 1 aliphatic rings. The van der Waals surface area contributed by atoms with Gasteiger partial charge in [-0.2, -0.15) is 5.26 Å². The molecule has 0 amide bonds. The van der Waals surface area contributed by atoms with Crippen molar-refractivity contribution in [3.8, 4) is 6.07 Å². The maximum absolute atomic E-state index is 8.68. The lowest BCUT2D eigenvalue weighted by atomic mass is 9.90. The number of aryl methyl sites for hydroxylation is 2. The van der Waals surface area contributed by atoms with Crippen molar-refractivity contribution in [3.05, 3.63) is 34.9 Å². The average Bonchev–Trinajstić information content (AvgIpc) is 2.38. The van der Waals surface area contributed by atoms with E-state index in [1.54, 1.807) is 11.1 Å². The van der Waals surface area contributed by atoms with Crippen molar-refractivity contribution in [1.29, 1.82) is 5.26 Å². The molecule has 0 fully saturated rings. The molecule has 2 heteroatoms. The second kappa shape index (κ2) is 5.84. The van der Waals surface area contributed by atoms with Crippen LogP contribution in [0.1, 0.15) is 36.5 Å². The molecular formula is C15H20N2.